The van der Waals surface area contributed by atoms with E-state index in [9.17, 15) is 9.18 Å². The molecule has 1 amide bonds. The number of ether oxygens (including phenoxy) is 1. The molecule has 1 aromatic rings. The van der Waals surface area contributed by atoms with E-state index in [0.29, 0.717) is 23.2 Å². The maximum atomic E-state index is 12.9. The molecule has 1 aliphatic heterocycles. The Hall–Kier alpha value is -0.980. The molecular weight excluding hydrogens is 291 g/mol. The summed E-state index contributed by atoms with van der Waals surface area (Å²) in [6.45, 7) is 0.687. The molecule has 1 unspecified atom stereocenters. The van der Waals surface area contributed by atoms with Crippen molar-refractivity contribution in [1.82, 2.24) is 0 Å². The molecule has 1 atom stereocenters. The van der Waals surface area contributed by atoms with Gasteiger partial charge >= 0.3 is 0 Å². The van der Waals surface area contributed by atoms with Gasteiger partial charge in [0, 0.05) is 11.1 Å². The first kappa shape index (κ1) is 12.5. The van der Waals surface area contributed by atoms with Gasteiger partial charge in [-0.2, -0.15) is 0 Å². The molecule has 4 nitrogen and oxygen atoms in total. The van der Waals surface area contributed by atoms with Crippen LogP contribution < -0.4 is 11.1 Å². The van der Waals surface area contributed by atoms with Gasteiger partial charge in [0.1, 0.15) is 11.4 Å². The van der Waals surface area contributed by atoms with Crippen molar-refractivity contribution in [2.75, 3.05) is 18.5 Å². The van der Waals surface area contributed by atoms with Crippen LogP contribution in [0.1, 0.15) is 6.42 Å². The quantitative estimate of drug-likeness (QED) is 0.873. The van der Waals surface area contributed by atoms with Gasteiger partial charge in [0.15, 0.2) is 0 Å². The Morgan fingerprint density at radius 3 is 2.94 bits per heavy atom. The second kappa shape index (κ2) is 4.72. The fourth-order valence-corrected chi connectivity index (χ4v) is 2.05. The molecule has 0 aliphatic carbocycles. The summed E-state index contributed by atoms with van der Waals surface area (Å²) in [4.78, 5) is 11.9. The van der Waals surface area contributed by atoms with Crippen molar-refractivity contribution in [2.24, 2.45) is 5.73 Å². The van der Waals surface area contributed by atoms with E-state index in [1.54, 1.807) is 0 Å². The average molecular weight is 303 g/mol. The molecule has 2 rings (SSSR count). The number of hydrogen-bond acceptors (Lipinski definition) is 3. The zero-order chi connectivity index (χ0) is 12.5. The molecule has 17 heavy (non-hydrogen) atoms. The van der Waals surface area contributed by atoms with Crippen molar-refractivity contribution < 1.29 is 13.9 Å². The number of benzene rings is 1. The van der Waals surface area contributed by atoms with Crippen LogP contribution in [-0.4, -0.2) is 24.7 Å². The Bertz CT molecular complexity index is 447. The van der Waals surface area contributed by atoms with E-state index < -0.39 is 5.54 Å². The number of halogens is 2. The maximum Gasteiger partial charge on any atom is 0.246 e. The Morgan fingerprint density at radius 2 is 2.35 bits per heavy atom. The minimum Gasteiger partial charge on any atom is -0.379 e. The number of amides is 1. The zero-order valence-corrected chi connectivity index (χ0v) is 10.6. The maximum absolute atomic E-state index is 12.9. The first-order valence-corrected chi connectivity index (χ1v) is 5.94. The van der Waals surface area contributed by atoms with Gasteiger partial charge in [0.2, 0.25) is 5.91 Å². The topological polar surface area (TPSA) is 64.4 Å². The molecule has 1 aromatic carbocycles. The second-order valence-electron chi connectivity index (χ2n) is 4.04. The lowest BCUT2D eigenvalue weighted by atomic mass is 9.99. The van der Waals surface area contributed by atoms with Gasteiger partial charge in [0.05, 0.1) is 12.3 Å². The first-order chi connectivity index (χ1) is 8.01. The molecule has 92 valence electrons. The van der Waals surface area contributed by atoms with Crippen LogP contribution in [-0.2, 0) is 9.53 Å². The molecule has 1 saturated heterocycles. The van der Waals surface area contributed by atoms with Gasteiger partial charge < -0.3 is 15.8 Å². The van der Waals surface area contributed by atoms with Crippen molar-refractivity contribution in [3.63, 3.8) is 0 Å². The third-order valence-electron chi connectivity index (χ3n) is 2.68. The third kappa shape index (κ3) is 2.65. The zero-order valence-electron chi connectivity index (χ0n) is 9.00. The largest absolute Gasteiger partial charge is 0.379 e. The molecular formula is C11H12BrFN2O2. The summed E-state index contributed by atoms with van der Waals surface area (Å²) in [5.74, 6) is -0.691. The summed E-state index contributed by atoms with van der Waals surface area (Å²) in [5, 5.41) is 2.66. The van der Waals surface area contributed by atoms with Gasteiger partial charge in [-0.25, -0.2) is 4.39 Å². The van der Waals surface area contributed by atoms with E-state index in [0.717, 1.165) is 0 Å². The van der Waals surface area contributed by atoms with Crippen molar-refractivity contribution >= 4 is 27.5 Å². The highest BCUT2D eigenvalue weighted by Crippen LogP contribution is 2.25. The monoisotopic (exact) mass is 302 g/mol. The SMILES string of the molecule is NC1(C(=O)Nc2ccc(F)cc2Br)CCOC1. The number of hydrogen-bond donors (Lipinski definition) is 2. The number of carbonyl (C=O) groups is 1. The van der Waals surface area contributed by atoms with Crippen molar-refractivity contribution in [3.05, 3.63) is 28.5 Å². The molecule has 1 fully saturated rings. The molecule has 0 saturated carbocycles. The summed E-state index contributed by atoms with van der Waals surface area (Å²) in [6.07, 6.45) is 0.484. The van der Waals surface area contributed by atoms with Gasteiger partial charge in [-0.1, -0.05) is 0 Å². The summed E-state index contributed by atoms with van der Waals surface area (Å²) >= 11 is 3.18. The number of anilines is 1. The third-order valence-corrected chi connectivity index (χ3v) is 3.34. The predicted octanol–water partition coefficient (Wildman–Crippen LogP) is 1.64. The highest BCUT2D eigenvalue weighted by atomic mass is 79.9. The van der Waals surface area contributed by atoms with Crippen LogP contribution in [0, 0.1) is 5.82 Å². The van der Waals surface area contributed by atoms with E-state index in [-0.39, 0.29) is 18.3 Å². The lowest BCUT2D eigenvalue weighted by Crippen LogP contribution is -2.51. The van der Waals surface area contributed by atoms with Crippen LogP contribution >= 0.6 is 15.9 Å². The van der Waals surface area contributed by atoms with Crippen molar-refractivity contribution in [1.29, 1.82) is 0 Å². The van der Waals surface area contributed by atoms with Crippen LogP contribution in [0.2, 0.25) is 0 Å². The van der Waals surface area contributed by atoms with E-state index in [1.807, 2.05) is 0 Å². The highest BCUT2D eigenvalue weighted by Gasteiger charge is 2.38. The smallest absolute Gasteiger partial charge is 0.246 e. The molecule has 6 heteroatoms. The van der Waals surface area contributed by atoms with E-state index >= 15 is 0 Å². The average Bonchev–Trinajstić information content (AvgIpc) is 2.71. The second-order valence-corrected chi connectivity index (χ2v) is 4.89. The van der Waals surface area contributed by atoms with Gasteiger partial charge in [-0.15, -0.1) is 0 Å². The molecule has 0 bridgehead atoms. The van der Waals surface area contributed by atoms with Crippen LogP contribution in [0.3, 0.4) is 0 Å². The molecule has 1 aliphatic rings. The predicted molar refractivity (Wildman–Crippen MR) is 65.1 cm³/mol. The summed E-state index contributed by atoms with van der Waals surface area (Å²) in [7, 11) is 0. The Kier molecular flexibility index (Phi) is 3.46. The van der Waals surface area contributed by atoms with Crippen molar-refractivity contribution in [2.45, 2.75) is 12.0 Å². The number of nitrogens with two attached hydrogens (primary N) is 1. The van der Waals surface area contributed by atoms with Gasteiger partial charge in [-0.05, 0) is 40.5 Å². The minimum atomic E-state index is -0.992. The fraction of sp³-hybridized carbons (Fsp3) is 0.364. The Morgan fingerprint density at radius 1 is 1.59 bits per heavy atom. The number of rotatable bonds is 2. The van der Waals surface area contributed by atoms with E-state index in [2.05, 4.69) is 21.2 Å². The van der Waals surface area contributed by atoms with Gasteiger partial charge in [0.25, 0.3) is 0 Å². The fourth-order valence-electron chi connectivity index (χ4n) is 1.60. The molecule has 0 aromatic heterocycles. The van der Waals surface area contributed by atoms with Crippen LogP contribution in [0.15, 0.2) is 22.7 Å². The van der Waals surface area contributed by atoms with Crippen LogP contribution in [0.25, 0.3) is 0 Å². The lowest BCUT2D eigenvalue weighted by Gasteiger charge is -2.21. The highest BCUT2D eigenvalue weighted by molar-refractivity contribution is 9.10. The minimum absolute atomic E-state index is 0.206. The molecule has 0 radical (unpaired) electrons. The Labute approximate surface area is 106 Å². The standard InChI is InChI=1S/C11H12BrFN2O2/c12-8-5-7(13)1-2-9(8)15-10(16)11(14)3-4-17-6-11/h1-2,5H,3-4,6,14H2,(H,15,16). The lowest BCUT2D eigenvalue weighted by molar-refractivity contribution is -0.121. The van der Waals surface area contributed by atoms with Crippen LogP contribution in [0.4, 0.5) is 10.1 Å². The van der Waals surface area contributed by atoms with Crippen LogP contribution in [0.5, 0.6) is 0 Å². The number of nitrogens with one attached hydrogen (secondary N) is 1. The first-order valence-electron chi connectivity index (χ1n) is 5.14. The molecule has 1 heterocycles. The van der Waals surface area contributed by atoms with Crippen molar-refractivity contribution in [3.8, 4) is 0 Å². The van der Waals surface area contributed by atoms with E-state index in [1.165, 1.54) is 18.2 Å². The van der Waals surface area contributed by atoms with E-state index in [4.69, 9.17) is 10.5 Å². The molecule has 3 N–H and O–H groups in total. The summed E-state index contributed by atoms with van der Waals surface area (Å²) in [6, 6.07) is 4.04. The van der Waals surface area contributed by atoms with Gasteiger partial charge in [-0.3, -0.25) is 4.79 Å². The normalized spacial score (nSPS) is 23.7. The molecule has 0 spiro atoms. The summed E-state index contributed by atoms with van der Waals surface area (Å²) < 4.78 is 18.5. The number of carbonyl (C=O) groups excluding carboxylic acids is 1. The summed E-state index contributed by atoms with van der Waals surface area (Å²) in [5.41, 5.74) is 5.41. The Balaban J connectivity index is 2.13.